The second-order valence-corrected chi connectivity index (χ2v) is 12.9. The Labute approximate surface area is 204 Å². The summed E-state index contributed by atoms with van der Waals surface area (Å²) < 4.78 is 17.3. The van der Waals surface area contributed by atoms with Crippen LogP contribution in [0.1, 0.15) is 23.2 Å². The van der Waals surface area contributed by atoms with Gasteiger partial charge in [0.2, 0.25) is 7.37 Å². The molecule has 1 saturated heterocycles. The fraction of sp³-hybridized carbons (Fsp3) is 0.364. The van der Waals surface area contributed by atoms with Crippen molar-refractivity contribution in [3.8, 4) is 11.5 Å². The number of hydrogen-bond donors (Lipinski definition) is 4. The summed E-state index contributed by atoms with van der Waals surface area (Å²) in [7, 11) is -3.32. The van der Waals surface area contributed by atoms with Gasteiger partial charge in [0.15, 0.2) is 0 Å². The molecule has 4 rings (SSSR count). The number of nitrogens with zero attached hydrogens (tertiary/aromatic N) is 1. The first-order chi connectivity index (χ1) is 15.5. The summed E-state index contributed by atoms with van der Waals surface area (Å²) in [5.74, 6) is -0.392. The minimum Gasteiger partial charge on any atom is -0.480 e. The lowest BCUT2D eigenvalue weighted by Crippen LogP contribution is -2.50. The number of likely N-dealkylation sites (tertiary alicyclic amines) is 1. The van der Waals surface area contributed by atoms with Crippen LogP contribution in [0.5, 0.6) is 11.5 Å². The van der Waals surface area contributed by atoms with Crippen molar-refractivity contribution in [3.05, 3.63) is 54.1 Å². The number of benzene rings is 2. The smallest absolute Gasteiger partial charge is 0.321 e. The highest BCUT2D eigenvalue weighted by Gasteiger charge is 2.66. The van der Waals surface area contributed by atoms with Gasteiger partial charge in [-0.15, -0.1) is 0 Å². The van der Waals surface area contributed by atoms with E-state index in [4.69, 9.17) is 4.74 Å². The maximum Gasteiger partial charge on any atom is 0.321 e. The zero-order chi connectivity index (χ0) is 24.0. The van der Waals surface area contributed by atoms with Crippen LogP contribution in [0.2, 0.25) is 0 Å². The Morgan fingerprint density at radius 2 is 1.76 bits per heavy atom. The van der Waals surface area contributed by atoms with E-state index >= 15 is 0 Å². The molecule has 1 aliphatic heterocycles. The summed E-state index contributed by atoms with van der Waals surface area (Å²) in [6.07, 6.45) is 0.243. The summed E-state index contributed by atoms with van der Waals surface area (Å²) in [6, 6.07) is 11.9. The Hall–Kier alpha value is -1.98. The van der Waals surface area contributed by atoms with E-state index in [0.717, 1.165) is 6.42 Å². The molecule has 2 fully saturated rings. The Bertz CT molecular complexity index is 1100. The molecule has 9 nitrogen and oxygen atoms in total. The summed E-state index contributed by atoms with van der Waals surface area (Å²) in [5.41, 5.74) is 0.364. The molecule has 5 atom stereocenters. The second kappa shape index (κ2) is 8.99. The number of carboxylic acids is 1. The second-order valence-electron chi connectivity index (χ2n) is 8.45. The molecule has 3 unspecified atom stereocenters. The summed E-state index contributed by atoms with van der Waals surface area (Å²) in [5, 5.41) is 23.0. The number of rotatable bonds is 8. The lowest BCUT2D eigenvalue weighted by atomic mass is 10.1. The largest absolute Gasteiger partial charge is 0.480 e. The van der Waals surface area contributed by atoms with Gasteiger partial charge in [-0.25, -0.2) is 0 Å². The average molecular weight is 586 g/mol. The monoisotopic (exact) mass is 586 g/mol. The van der Waals surface area contributed by atoms with Crippen molar-refractivity contribution in [2.24, 2.45) is 0 Å². The fourth-order valence-corrected chi connectivity index (χ4v) is 5.98. The van der Waals surface area contributed by atoms with Gasteiger partial charge in [0.05, 0.1) is 6.54 Å². The van der Waals surface area contributed by atoms with Crippen LogP contribution >= 0.6 is 30.0 Å². The Kier molecular flexibility index (Phi) is 6.58. The molecule has 0 aromatic heterocycles. The number of hydrogen-bond acceptors (Lipinski definition) is 6. The standard InChI is InChI=1S/C22H24IN2O7P/c1-33(30,31)16-8-6-15(7-9-16)32-14-4-2-13(3-5-14)20(27)24-12-19(26)25-17(21(28)29)10-22(23)11-18(22)25/h2-9,17-19,26H,10-12H2,1H3,(H,24,27)(H,28,29)(H,30,31)/t17-,18?,19?,22+/m0/s1. The molecule has 0 bridgehead atoms. The van der Waals surface area contributed by atoms with Crippen LogP contribution in [0.25, 0.3) is 0 Å². The number of aliphatic hydroxyl groups is 1. The van der Waals surface area contributed by atoms with E-state index in [1.165, 1.54) is 18.8 Å². The maximum atomic E-state index is 12.5. The molecule has 1 heterocycles. The number of carbonyl (C=O) groups excluding carboxylic acids is 1. The summed E-state index contributed by atoms with van der Waals surface area (Å²) in [6.45, 7) is 1.19. The molecule has 11 heteroatoms. The van der Waals surface area contributed by atoms with Gasteiger partial charge in [0.25, 0.3) is 5.91 Å². The van der Waals surface area contributed by atoms with Crippen molar-refractivity contribution < 1.29 is 34.0 Å². The molecular formula is C22H24IN2O7P. The van der Waals surface area contributed by atoms with Gasteiger partial charge in [-0.05, 0) is 61.4 Å². The van der Waals surface area contributed by atoms with Gasteiger partial charge in [-0.1, -0.05) is 22.6 Å². The van der Waals surface area contributed by atoms with Gasteiger partial charge in [-0.2, -0.15) is 0 Å². The first kappa shape index (κ1) is 24.2. The molecule has 1 aliphatic carbocycles. The molecular weight excluding hydrogens is 562 g/mol. The molecule has 0 spiro atoms. The molecule has 1 saturated carbocycles. The minimum absolute atomic E-state index is 0.0123. The number of carbonyl (C=O) groups is 2. The predicted molar refractivity (Wildman–Crippen MR) is 130 cm³/mol. The highest BCUT2D eigenvalue weighted by atomic mass is 127. The van der Waals surface area contributed by atoms with Gasteiger partial charge < -0.3 is 25.2 Å². The molecule has 0 radical (unpaired) electrons. The Balaban J connectivity index is 1.32. The van der Waals surface area contributed by atoms with Gasteiger partial charge in [0.1, 0.15) is 23.8 Å². The van der Waals surface area contributed by atoms with Crippen LogP contribution < -0.4 is 15.4 Å². The first-order valence-corrected chi connectivity index (χ1v) is 13.5. The Morgan fingerprint density at radius 1 is 1.18 bits per heavy atom. The van der Waals surface area contributed by atoms with Gasteiger partial charge in [0, 0.05) is 27.0 Å². The first-order valence-electron chi connectivity index (χ1n) is 10.3. The van der Waals surface area contributed by atoms with E-state index in [1.54, 1.807) is 41.3 Å². The Morgan fingerprint density at radius 3 is 2.30 bits per heavy atom. The van der Waals surface area contributed by atoms with Crippen LogP contribution in [0, 0.1) is 0 Å². The molecule has 1 amide bonds. The lowest BCUT2D eigenvalue weighted by molar-refractivity contribution is -0.147. The molecule has 2 aromatic carbocycles. The van der Waals surface area contributed by atoms with Crippen molar-refractivity contribution in [3.63, 3.8) is 0 Å². The highest BCUT2D eigenvalue weighted by molar-refractivity contribution is 14.1. The fourth-order valence-electron chi connectivity index (χ4n) is 4.12. The van der Waals surface area contributed by atoms with Crippen molar-refractivity contribution in [2.45, 2.75) is 34.6 Å². The summed E-state index contributed by atoms with van der Waals surface area (Å²) in [4.78, 5) is 35.2. The van der Waals surface area contributed by atoms with E-state index in [2.05, 4.69) is 27.9 Å². The average Bonchev–Trinajstić information content (AvgIpc) is 3.32. The van der Waals surface area contributed by atoms with E-state index in [0.29, 0.717) is 28.8 Å². The van der Waals surface area contributed by atoms with Crippen LogP contribution in [-0.2, 0) is 9.36 Å². The van der Waals surface area contributed by atoms with Crippen LogP contribution in [0.4, 0.5) is 0 Å². The number of halogens is 1. The number of amides is 1. The van der Waals surface area contributed by atoms with E-state index in [9.17, 15) is 29.3 Å². The maximum absolute atomic E-state index is 12.5. The number of aliphatic hydroxyl groups excluding tert-OH is 1. The molecule has 2 aromatic rings. The zero-order valence-electron chi connectivity index (χ0n) is 17.7. The van der Waals surface area contributed by atoms with Crippen LogP contribution in [0.3, 0.4) is 0 Å². The third-order valence-electron chi connectivity index (χ3n) is 5.96. The molecule has 2 aliphatic rings. The molecule has 4 N–H and O–H groups in total. The molecule has 176 valence electrons. The third-order valence-corrected chi connectivity index (χ3v) is 8.82. The zero-order valence-corrected chi connectivity index (χ0v) is 20.8. The number of nitrogens with one attached hydrogen (secondary N) is 1. The number of carboxylic acid groups (broad SMARTS) is 1. The number of alkyl halides is 1. The minimum atomic E-state index is -3.32. The van der Waals surface area contributed by atoms with Crippen LogP contribution in [0.15, 0.2) is 48.5 Å². The van der Waals surface area contributed by atoms with Crippen LogP contribution in [-0.4, -0.2) is 66.8 Å². The van der Waals surface area contributed by atoms with E-state index < -0.39 is 31.5 Å². The normalized spacial score (nSPS) is 26.7. The summed E-state index contributed by atoms with van der Waals surface area (Å²) >= 11 is 2.27. The van der Waals surface area contributed by atoms with Crippen molar-refractivity contribution in [1.29, 1.82) is 0 Å². The number of piperidine rings is 1. The topological polar surface area (TPSA) is 136 Å². The van der Waals surface area contributed by atoms with Gasteiger partial charge >= 0.3 is 5.97 Å². The quantitative estimate of drug-likeness (QED) is 0.210. The van der Waals surface area contributed by atoms with Crippen molar-refractivity contribution >= 4 is 47.1 Å². The van der Waals surface area contributed by atoms with Crippen molar-refractivity contribution in [2.75, 3.05) is 13.2 Å². The number of ether oxygens (including phenoxy) is 1. The van der Waals surface area contributed by atoms with E-state index in [-0.39, 0.29) is 16.0 Å². The van der Waals surface area contributed by atoms with Gasteiger partial charge in [-0.3, -0.25) is 19.1 Å². The predicted octanol–water partition coefficient (Wildman–Crippen LogP) is 2.16. The number of fused-ring (bicyclic) bond motifs is 1. The highest BCUT2D eigenvalue weighted by Crippen LogP contribution is 2.58. The number of aliphatic carboxylic acids is 1. The van der Waals surface area contributed by atoms with E-state index in [1.807, 2.05) is 0 Å². The lowest BCUT2D eigenvalue weighted by Gasteiger charge is -2.29. The third kappa shape index (κ3) is 5.25. The van der Waals surface area contributed by atoms with Crippen molar-refractivity contribution in [1.82, 2.24) is 10.2 Å². The molecule has 33 heavy (non-hydrogen) atoms. The SMILES string of the molecule is CP(=O)(O)c1ccc(Oc2ccc(C(=O)NCC(O)N3C4C[C@]4(I)C[C@H]3C(=O)O)cc2)cc1.